The molecule has 0 amide bonds. The number of aromatic nitrogens is 1. The average molecular weight is 457 g/mol. The number of methoxy groups -OCH3 is 1. The van der Waals surface area contributed by atoms with E-state index in [1.807, 2.05) is 28.8 Å². The van der Waals surface area contributed by atoms with E-state index in [1.165, 1.54) is 11.1 Å². The fourth-order valence-electron chi connectivity index (χ4n) is 4.38. The van der Waals surface area contributed by atoms with E-state index in [1.54, 1.807) is 7.11 Å². The van der Waals surface area contributed by atoms with E-state index in [9.17, 15) is 9.90 Å². The zero-order valence-electron chi connectivity index (χ0n) is 20.3. The Kier molecular flexibility index (Phi) is 7.03. The van der Waals surface area contributed by atoms with Crippen molar-refractivity contribution in [3.8, 4) is 5.75 Å². The average Bonchev–Trinajstić information content (AvgIpc) is 3.13. The number of rotatable bonds is 9. The third-order valence-electron chi connectivity index (χ3n) is 6.29. The number of carboxylic acids is 1. The maximum atomic E-state index is 12.5. The Bertz CT molecular complexity index is 1300. The zero-order chi connectivity index (χ0) is 24.2. The molecule has 5 nitrogen and oxygen atoms in total. The summed E-state index contributed by atoms with van der Waals surface area (Å²) in [6, 6.07) is 22.5. The predicted octanol–water partition coefficient (Wildman–Crippen LogP) is 6.12. The van der Waals surface area contributed by atoms with Gasteiger partial charge in [-0.3, -0.25) is 0 Å². The number of hydrogen-bond acceptors (Lipinski definition) is 3. The van der Waals surface area contributed by atoms with Crippen molar-refractivity contribution in [1.29, 1.82) is 0 Å². The van der Waals surface area contributed by atoms with Gasteiger partial charge in [0, 0.05) is 36.1 Å². The monoisotopic (exact) mass is 456 g/mol. The van der Waals surface area contributed by atoms with Crippen molar-refractivity contribution in [2.75, 3.05) is 7.11 Å². The van der Waals surface area contributed by atoms with Gasteiger partial charge in [-0.25, -0.2) is 4.79 Å². The van der Waals surface area contributed by atoms with Crippen LogP contribution in [0.5, 0.6) is 5.75 Å². The minimum atomic E-state index is -0.910. The van der Waals surface area contributed by atoms with Crippen molar-refractivity contribution in [1.82, 2.24) is 9.88 Å². The first-order valence-electron chi connectivity index (χ1n) is 11.6. The molecule has 0 aliphatic carbocycles. The summed E-state index contributed by atoms with van der Waals surface area (Å²) in [4.78, 5) is 12.5. The second kappa shape index (κ2) is 10.1. The molecule has 0 saturated heterocycles. The molecule has 0 aliphatic heterocycles. The zero-order valence-corrected chi connectivity index (χ0v) is 20.3. The molecule has 0 saturated carbocycles. The lowest BCUT2D eigenvalue weighted by Crippen LogP contribution is -2.17. The van der Waals surface area contributed by atoms with Gasteiger partial charge in [0.1, 0.15) is 11.4 Å². The number of benzene rings is 3. The lowest BCUT2D eigenvalue weighted by atomic mass is 10.0. The molecule has 0 aliphatic rings. The van der Waals surface area contributed by atoms with Crippen molar-refractivity contribution >= 4 is 16.9 Å². The highest BCUT2D eigenvalue weighted by atomic mass is 16.5. The normalized spacial score (nSPS) is 11.3. The SMILES string of the molecule is COc1cccc(CNCc2c(C(=O)O)n(Cc3ccc(C)cc3)c3cc(C(C)C)ccc23)c1. The minimum Gasteiger partial charge on any atom is -0.497 e. The molecule has 2 N–H and O–H groups in total. The molecule has 0 atom stereocenters. The first kappa shape index (κ1) is 23.6. The highest BCUT2D eigenvalue weighted by molar-refractivity contribution is 5.98. The topological polar surface area (TPSA) is 63.5 Å². The van der Waals surface area contributed by atoms with Crippen LogP contribution in [0.2, 0.25) is 0 Å². The van der Waals surface area contributed by atoms with E-state index in [0.717, 1.165) is 33.3 Å². The van der Waals surface area contributed by atoms with Gasteiger partial charge in [-0.2, -0.15) is 0 Å². The molecule has 4 aromatic rings. The number of aromatic carboxylic acids is 1. The minimum absolute atomic E-state index is 0.342. The van der Waals surface area contributed by atoms with Crippen LogP contribution in [0.25, 0.3) is 10.9 Å². The predicted molar refractivity (Wildman–Crippen MR) is 137 cm³/mol. The van der Waals surface area contributed by atoms with Crippen LogP contribution >= 0.6 is 0 Å². The summed E-state index contributed by atoms with van der Waals surface area (Å²) in [6.07, 6.45) is 0. The first-order chi connectivity index (χ1) is 16.4. The number of hydrogen-bond donors (Lipinski definition) is 2. The Balaban J connectivity index is 1.74. The lowest BCUT2D eigenvalue weighted by molar-refractivity contribution is 0.0684. The number of carbonyl (C=O) groups is 1. The highest BCUT2D eigenvalue weighted by Crippen LogP contribution is 2.31. The van der Waals surface area contributed by atoms with Crippen LogP contribution in [0.15, 0.2) is 66.7 Å². The summed E-state index contributed by atoms with van der Waals surface area (Å²) in [5.74, 6) is 0.254. The number of fused-ring (bicyclic) bond motifs is 1. The standard InChI is InChI=1S/C29H32N2O3/c1-19(2)23-12-13-25-26(17-30-16-22-6-5-7-24(14-22)34-4)28(29(32)33)31(27(25)15-23)18-21-10-8-20(3)9-11-21/h5-15,19,30H,16-18H2,1-4H3,(H,32,33). The van der Waals surface area contributed by atoms with Crippen molar-refractivity contribution < 1.29 is 14.6 Å². The van der Waals surface area contributed by atoms with E-state index in [2.05, 4.69) is 68.6 Å². The Morgan fingerprint density at radius 3 is 2.44 bits per heavy atom. The summed E-state index contributed by atoms with van der Waals surface area (Å²) in [5, 5.41) is 14.7. The molecular weight excluding hydrogens is 424 g/mol. The second-order valence-corrected chi connectivity index (χ2v) is 9.09. The Labute approximate surface area is 201 Å². The lowest BCUT2D eigenvalue weighted by Gasteiger charge is -2.11. The highest BCUT2D eigenvalue weighted by Gasteiger charge is 2.23. The fourth-order valence-corrected chi connectivity index (χ4v) is 4.38. The van der Waals surface area contributed by atoms with Crippen molar-refractivity contribution in [2.24, 2.45) is 0 Å². The van der Waals surface area contributed by atoms with Gasteiger partial charge in [0.05, 0.1) is 7.11 Å². The van der Waals surface area contributed by atoms with Crippen LogP contribution in [0.1, 0.15) is 58.1 Å². The molecule has 1 heterocycles. The van der Waals surface area contributed by atoms with Crippen LogP contribution < -0.4 is 10.1 Å². The van der Waals surface area contributed by atoms with Crippen LogP contribution in [-0.4, -0.2) is 22.8 Å². The van der Waals surface area contributed by atoms with Gasteiger partial charge in [0.15, 0.2) is 0 Å². The van der Waals surface area contributed by atoms with Crippen LogP contribution in [-0.2, 0) is 19.6 Å². The Hall–Kier alpha value is -3.57. The maximum absolute atomic E-state index is 12.5. The molecule has 0 radical (unpaired) electrons. The number of carboxylic acid groups (broad SMARTS) is 1. The van der Waals surface area contributed by atoms with Gasteiger partial charge in [-0.15, -0.1) is 0 Å². The van der Waals surface area contributed by atoms with Gasteiger partial charge in [-0.1, -0.05) is 67.9 Å². The number of nitrogens with zero attached hydrogens (tertiary/aromatic N) is 1. The first-order valence-corrected chi connectivity index (χ1v) is 11.6. The number of nitrogens with one attached hydrogen (secondary N) is 1. The quantitative estimate of drug-likeness (QED) is 0.319. The maximum Gasteiger partial charge on any atom is 0.352 e. The molecule has 176 valence electrons. The van der Waals surface area contributed by atoms with Crippen LogP contribution in [0.4, 0.5) is 0 Å². The van der Waals surface area contributed by atoms with E-state index in [4.69, 9.17) is 4.74 Å². The third kappa shape index (κ3) is 5.00. The molecule has 0 fully saturated rings. The Morgan fingerprint density at radius 1 is 1.00 bits per heavy atom. The molecule has 5 heteroatoms. The van der Waals surface area contributed by atoms with Gasteiger partial charge >= 0.3 is 5.97 Å². The largest absolute Gasteiger partial charge is 0.497 e. The third-order valence-corrected chi connectivity index (χ3v) is 6.29. The molecule has 34 heavy (non-hydrogen) atoms. The van der Waals surface area contributed by atoms with Crippen LogP contribution in [0, 0.1) is 6.92 Å². The summed E-state index contributed by atoms with van der Waals surface area (Å²) in [5.41, 5.74) is 6.66. The van der Waals surface area contributed by atoms with Crippen molar-refractivity contribution in [2.45, 2.75) is 46.3 Å². The molecule has 0 bridgehead atoms. The van der Waals surface area contributed by atoms with E-state index < -0.39 is 5.97 Å². The molecule has 1 aromatic heterocycles. The van der Waals surface area contributed by atoms with E-state index in [0.29, 0.717) is 31.2 Å². The molecule has 0 spiro atoms. The summed E-state index contributed by atoms with van der Waals surface area (Å²) in [6.45, 7) is 7.95. The molecule has 3 aromatic carbocycles. The van der Waals surface area contributed by atoms with E-state index >= 15 is 0 Å². The number of aryl methyl sites for hydroxylation is 1. The fraction of sp³-hybridized carbons (Fsp3) is 0.276. The molecule has 0 unspecified atom stereocenters. The summed E-state index contributed by atoms with van der Waals surface area (Å²) < 4.78 is 7.27. The van der Waals surface area contributed by atoms with E-state index in [-0.39, 0.29) is 0 Å². The number of ether oxygens (including phenoxy) is 1. The molecule has 4 rings (SSSR count). The second-order valence-electron chi connectivity index (χ2n) is 9.09. The van der Waals surface area contributed by atoms with Crippen molar-refractivity contribution in [3.63, 3.8) is 0 Å². The Morgan fingerprint density at radius 2 is 1.76 bits per heavy atom. The van der Waals surface area contributed by atoms with Crippen molar-refractivity contribution in [3.05, 3.63) is 100 Å². The van der Waals surface area contributed by atoms with Gasteiger partial charge in [-0.05, 0) is 47.7 Å². The van der Waals surface area contributed by atoms with Gasteiger partial charge < -0.3 is 19.7 Å². The summed E-state index contributed by atoms with van der Waals surface area (Å²) in [7, 11) is 1.65. The molecular formula is C29H32N2O3. The van der Waals surface area contributed by atoms with Gasteiger partial charge in [0.2, 0.25) is 0 Å². The van der Waals surface area contributed by atoms with Crippen LogP contribution in [0.3, 0.4) is 0 Å². The smallest absolute Gasteiger partial charge is 0.352 e. The van der Waals surface area contributed by atoms with Gasteiger partial charge in [0.25, 0.3) is 0 Å². The summed E-state index contributed by atoms with van der Waals surface area (Å²) >= 11 is 0.